The van der Waals surface area contributed by atoms with E-state index < -0.39 is 0 Å². The van der Waals surface area contributed by atoms with Crippen molar-refractivity contribution in [2.24, 2.45) is 0 Å². The van der Waals surface area contributed by atoms with E-state index in [1.54, 1.807) is 7.11 Å². The van der Waals surface area contributed by atoms with Crippen molar-refractivity contribution >= 4 is 15.9 Å². The summed E-state index contributed by atoms with van der Waals surface area (Å²) in [7, 11) is 1.75. The first-order valence-electron chi connectivity index (χ1n) is 6.97. The van der Waals surface area contributed by atoms with Crippen LogP contribution in [0.25, 0.3) is 0 Å². The minimum Gasteiger partial charge on any atom is -0.496 e. The van der Waals surface area contributed by atoms with E-state index in [9.17, 15) is 0 Å². The van der Waals surface area contributed by atoms with Crippen molar-refractivity contribution in [2.75, 3.05) is 7.11 Å². The number of benzene rings is 1. The van der Waals surface area contributed by atoms with Gasteiger partial charge in [0.1, 0.15) is 5.75 Å². The van der Waals surface area contributed by atoms with Crippen LogP contribution in [0.2, 0.25) is 0 Å². The first-order chi connectivity index (χ1) is 8.69. The van der Waals surface area contributed by atoms with Gasteiger partial charge in [-0.3, -0.25) is 0 Å². The smallest absolute Gasteiger partial charge is 0.123 e. The molecule has 1 aromatic carbocycles. The Hall–Kier alpha value is -0.500. The van der Waals surface area contributed by atoms with Crippen LogP contribution in [-0.2, 0) is 0 Å². The summed E-state index contributed by atoms with van der Waals surface area (Å²) < 4.78 is 5.44. The fourth-order valence-corrected chi connectivity index (χ4v) is 2.86. The molecule has 18 heavy (non-hydrogen) atoms. The SMILES string of the molecule is CCCCCCCC(Br)c1cc(C)ccc1OC. The second-order valence-corrected chi connectivity index (χ2v) is 6.02. The van der Waals surface area contributed by atoms with Crippen LogP contribution in [-0.4, -0.2) is 7.11 Å². The number of hydrogen-bond acceptors (Lipinski definition) is 1. The summed E-state index contributed by atoms with van der Waals surface area (Å²) in [6.07, 6.45) is 7.84. The van der Waals surface area contributed by atoms with Gasteiger partial charge in [0.25, 0.3) is 0 Å². The van der Waals surface area contributed by atoms with E-state index in [1.165, 1.54) is 49.7 Å². The highest BCUT2D eigenvalue weighted by Crippen LogP contribution is 2.35. The molecule has 0 aliphatic carbocycles. The van der Waals surface area contributed by atoms with Crippen LogP contribution >= 0.6 is 15.9 Å². The molecular weight excluding hydrogens is 288 g/mol. The van der Waals surface area contributed by atoms with Gasteiger partial charge in [0.2, 0.25) is 0 Å². The maximum Gasteiger partial charge on any atom is 0.123 e. The summed E-state index contributed by atoms with van der Waals surface area (Å²) in [5, 5.41) is 0. The van der Waals surface area contributed by atoms with Crippen LogP contribution in [0, 0.1) is 6.92 Å². The lowest BCUT2D eigenvalue weighted by molar-refractivity contribution is 0.408. The molecule has 0 bridgehead atoms. The van der Waals surface area contributed by atoms with E-state index in [-0.39, 0.29) is 0 Å². The van der Waals surface area contributed by atoms with Gasteiger partial charge in [0.15, 0.2) is 0 Å². The molecule has 0 radical (unpaired) electrons. The largest absolute Gasteiger partial charge is 0.496 e. The molecule has 0 N–H and O–H groups in total. The molecule has 1 nitrogen and oxygen atoms in total. The molecule has 0 aromatic heterocycles. The Morgan fingerprint density at radius 2 is 1.89 bits per heavy atom. The van der Waals surface area contributed by atoms with E-state index >= 15 is 0 Å². The predicted octanol–water partition coefficient (Wildman–Crippen LogP) is 5.80. The van der Waals surface area contributed by atoms with E-state index in [0.29, 0.717) is 4.83 Å². The number of rotatable bonds is 8. The Kier molecular flexibility index (Phi) is 7.41. The minimum absolute atomic E-state index is 0.411. The number of aryl methyl sites for hydroxylation is 1. The summed E-state index contributed by atoms with van der Waals surface area (Å²) in [6, 6.07) is 6.39. The standard InChI is InChI=1S/C16H25BrO/c1-4-5-6-7-8-9-15(17)14-12-13(2)10-11-16(14)18-3/h10-12,15H,4-9H2,1-3H3. The molecule has 0 amide bonds. The zero-order valence-electron chi connectivity index (χ0n) is 11.8. The third-order valence-electron chi connectivity index (χ3n) is 3.28. The van der Waals surface area contributed by atoms with Crippen molar-refractivity contribution in [3.05, 3.63) is 29.3 Å². The summed E-state index contributed by atoms with van der Waals surface area (Å²) in [5.74, 6) is 0.996. The van der Waals surface area contributed by atoms with Crippen molar-refractivity contribution in [3.8, 4) is 5.75 Å². The average Bonchev–Trinajstić information content (AvgIpc) is 2.38. The van der Waals surface area contributed by atoms with Gasteiger partial charge in [-0.1, -0.05) is 72.7 Å². The molecule has 2 heteroatoms. The van der Waals surface area contributed by atoms with E-state index in [1.807, 2.05) is 0 Å². The van der Waals surface area contributed by atoms with Gasteiger partial charge in [-0.25, -0.2) is 0 Å². The third-order valence-corrected chi connectivity index (χ3v) is 4.23. The number of ether oxygens (including phenoxy) is 1. The summed E-state index contributed by atoms with van der Waals surface area (Å²) in [5.41, 5.74) is 2.58. The molecule has 0 aliphatic rings. The van der Waals surface area contributed by atoms with Gasteiger partial charge in [-0.2, -0.15) is 0 Å². The van der Waals surface area contributed by atoms with Gasteiger partial charge >= 0.3 is 0 Å². The van der Waals surface area contributed by atoms with Crippen LogP contribution < -0.4 is 4.74 Å². The predicted molar refractivity (Wildman–Crippen MR) is 82.8 cm³/mol. The molecule has 0 saturated carbocycles. The van der Waals surface area contributed by atoms with Crippen molar-refractivity contribution in [1.82, 2.24) is 0 Å². The molecule has 1 rings (SSSR count). The van der Waals surface area contributed by atoms with Gasteiger partial charge in [0, 0.05) is 10.4 Å². The lowest BCUT2D eigenvalue weighted by Crippen LogP contribution is -1.96. The Bertz CT molecular complexity index is 349. The highest BCUT2D eigenvalue weighted by atomic mass is 79.9. The molecular formula is C16H25BrO. The van der Waals surface area contributed by atoms with Crippen molar-refractivity contribution in [2.45, 2.75) is 57.2 Å². The highest BCUT2D eigenvalue weighted by Gasteiger charge is 2.12. The quantitative estimate of drug-likeness (QED) is 0.435. The third kappa shape index (κ3) is 5.01. The number of hydrogen-bond donors (Lipinski definition) is 0. The summed E-state index contributed by atoms with van der Waals surface area (Å²) in [6.45, 7) is 4.38. The molecule has 102 valence electrons. The Balaban J connectivity index is 2.49. The van der Waals surface area contributed by atoms with E-state index in [4.69, 9.17) is 4.74 Å². The normalized spacial score (nSPS) is 12.4. The van der Waals surface area contributed by atoms with Gasteiger partial charge in [0.05, 0.1) is 7.11 Å². The number of methoxy groups -OCH3 is 1. The van der Waals surface area contributed by atoms with Crippen LogP contribution in [0.3, 0.4) is 0 Å². The maximum absolute atomic E-state index is 5.44. The van der Waals surface area contributed by atoms with Gasteiger partial charge in [-0.15, -0.1) is 0 Å². The van der Waals surface area contributed by atoms with Gasteiger partial charge < -0.3 is 4.74 Å². The Morgan fingerprint density at radius 3 is 2.56 bits per heavy atom. The van der Waals surface area contributed by atoms with Crippen molar-refractivity contribution in [3.63, 3.8) is 0 Å². The number of unbranched alkanes of at least 4 members (excludes halogenated alkanes) is 4. The molecule has 1 aromatic rings. The van der Waals surface area contributed by atoms with Crippen molar-refractivity contribution in [1.29, 1.82) is 0 Å². The number of halogens is 1. The lowest BCUT2D eigenvalue weighted by Gasteiger charge is -2.15. The second kappa shape index (κ2) is 8.58. The summed E-state index contributed by atoms with van der Waals surface area (Å²) in [4.78, 5) is 0.411. The lowest BCUT2D eigenvalue weighted by atomic mass is 10.0. The molecule has 0 saturated heterocycles. The Labute approximate surface area is 120 Å². The van der Waals surface area contributed by atoms with E-state index in [0.717, 1.165) is 5.75 Å². The average molecular weight is 313 g/mol. The molecule has 0 aliphatic heterocycles. The fourth-order valence-electron chi connectivity index (χ4n) is 2.18. The van der Waals surface area contributed by atoms with Crippen molar-refractivity contribution < 1.29 is 4.74 Å². The van der Waals surface area contributed by atoms with Crippen LogP contribution in [0.4, 0.5) is 0 Å². The second-order valence-electron chi connectivity index (χ2n) is 4.92. The zero-order valence-corrected chi connectivity index (χ0v) is 13.4. The molecule has 1 unspecified atom stereocenters. The first kappa shape index (κ1) is 15.6. The first-order valence-corrected chi connectivity index (χ1v) is 7.89. The maximum atomic E-state index is 5.44. The Morgan fingerprint density at radius 1 is 1.17 bits per heavy atom. The van der Waals surface area contributed by atoms with E-state index in [2.05, 4.69) is 48.0 Å². The highest BCUT2D eigenvalue weighted by molar-refractivity contribution is 9.09. The van der Waals surface area contributed by atoms with Crippen LogP contribution in [0.1, 0.15) is 61.4 Å². The molecule has 1 atom stereocenters. The van der Waals surface area contributed by atoms with Crippen LogP contribution in [0.5, 0.6) is 5.75 Å². The van der Waals surface area contributed by atoms with Gasteiger partial charge in [-0.05, 0) is 19.4 Å². The minimum atomic E-state index is 0.411. The fraction of sp³-hybridized carbons (Fsp3) is 0.625. The molecule has 0 fully saturated rings. The zero-order chi connectivity index (χ0) is 13.4. The van der Waals surface area contributed by atoms with Crippen LogP contribution in [0.15, 0.2) is 18.2 Å². The monoisotopic (exact) mass is 312 g/mol. The molecule has 0 heterocycles. The topological polar surface area (TPSA) is 9.23 Å². The number of alkyl halides is 1. The molecule has 0 spiro atoms. The summed E-state index contributed by atoms with van der Waals surface area (Å²) >= 11 is 3.80.